The molecule has 7 heteroatoms. The highest BCUT2D eigenvalue weighted by molar-refractivity contribution is 5.92. The number of pyridine rings is 1. The second-order valence-corrected chi connectivity index (χ2v) is 8.84. The van der Waals surface area contributed by atoms with Crippen LogP contribution in [0.4, 0.5) is 0 Å². The summed E-state index contributed by atoms with van der Waals surface area (Å²) in [7, 11) is 0. The second-order valence-electron chi connectivity index (χ2n) is 8.84. The van der Waals surface area contributed by atoms with Crippen LogP contribution in [0.1, 0.15) is 42.7 Å². The predicted molar refractivity (Wildman–Crippen MR) is 113 cm³/mol. The Morgan fingerprint density at radius 1 is 1.27 bits per heavy atom. The molecule has 0 fully saturated rings. The van der Waals surface area contributed by atoms with Crippen molar-refractivity contribution >= 4 is 16.9 Å². The molecule has 1 atom stereocenters. The van der Waals surface area contributed by atoms with Gasteiger partial charge in [0.2, 0.25) is 0 Å². The van der Waals surface area contributed by atoms with E-state index in [0.29, 0.717) is 17.9 Å². The number of aromatic carboxylic acids is 1. The largest absolute Gasteiger partial charge is 0.477 e. The standard InChI is InChI=1S/C23H21N3O4/c1-23(2,3)20-7-15-14-5-4-12(13-9-24-25-10-13)6-19(14)30-21(15)17-8-18(27)16(22(28)29)11-26(17)20/h4-6,8-11,20H,7H2,1-3H3,(H,24,25)(H,28,29). The summed E-state index contributed by atoms with van der Waals surface area (Å²) in [4.78, 5) is 24.0. The lowest BCUT2D eigenvalue weighted by atomic mass is 9.79. The minimum absolute atomic E-state index is 0.0203. The lowest BCUT2D eigenvalue weighted by Gasteiger charge is -2.37. The van der Waals surface area contributed by atoms with E-state index in [-0.39, 0.29) is 17.0 Å². The van der Waals surface area contributed by atoms with E-state index in [1.54, 1.807) is 6.20 Å². The van der Waals surface area contributed by atoms with Crippen molar-refractivity contribution < 1.29 is 14.3 Å². The number of fused-ring (bicyclic) bond motifs is 5. The number of H-pyrrole nitrogens is 1. The van der Waals surface area contributed by atoms with Gasteiger partial charge in [-0.2, -0.15) is 5.10 Å². The zero-order chi connectivity index (χ0) is 21.2. The van der Waals surface area contributed by atoms with E-state index in [9.17, 15) is 14.7 Å². The molecular weight excluding hydrogens is 382 g/mol. The number of carbonyl (C=O) groups is 1. The predicted octanol–water partition coefficient (Wildman–Crippen LogP) is 4.49. The van der Waals surface area contributed by atoms with Crippen molar-refractivity contribution in [3.05, 3.63) is 64.2 Å². The lowest BCUT2D eigenvalue weighted by molar-refractivity contribution is 0.0693. The molecule has 0 aliphatic carbocycles. The molecule has 1 aromatic carbocycles. The third-order valence-corrected chi connectivity index (χ3v) is 5.90. The number of nitrogens with one attached hydrogen (secondary N) is 1. The molecule has 2 N–H and O–H groups in total. The summed E-state index contributed by atoms with van der Waals surface area (Å²) in [6.45, 7) is 6.35. The smallest absolute Gasteiger partial charge is 0.341 e. The second kappa shape index (κ2) is 6.19. The Morgan fingerprint density at radius 3 is 2.73 bits per heavy atom. The minimum atomic E-state index is -1.22. The van der Waals surface area contributed by atoms with Crippen LogP contribution in [0.3, 0.4) is 0 Å². The van der Waals surface area contributed by atoms with Crippen LogP contribution in [-0.4, -0.2) is 25.8 Å². The maximum absolute atomic E-state index is 12.5. The van der Waals surface area contributed by atoms with Gasteiger partial charge in [-0.05, 0) is 23.5 Å². The first kappa shape index (κ1) is 18.4. The SMILES string of the molecule is CC(C)(C)C1Cc2c(oc3cc(-c4cn[nH]c4)ccc23)-c2cc(=O)c(C(=O)O)cn21. The van der Waals surface area contributed by atoms with Crippen molar-refractivity contribution in [3.8, 4) is 22.6 Å². The number of carboxylic acids is 1. The number of aromatic nitrogens is 3. The van der Waals surface area contributed by atoms with E-state index in [1.807, 2.05) is 29.0 Å². The van der Waals surface area contributed by atoms with Crippen molar-refractivity contribution in [1.82, 2.24) is 14.8 Å². The average Bonchev–Trinajstić information content (AvgIpc) is 3.33. The summed E-state index contributed by atoms with van der Waals surface area (Å²) in [6, 6.07) is 7.41. The van der Waals surface area contributed by atoms with Crippen LogP contribution < -0.4 is 5.43 Å². The van der Waals surface area contributed by atoms with Crippen LogP contribution in [0.15, 0.2) is 52.1 Å². The van der Waals surface area contributed by atoms with E-state index < -0.39 is 11.4 Å². The van der Waals surface area contributed by atoms with Crippen LogP contribution in [0.2, 0.25) is 0 Å². The van der Waals surface area contributed by atoms with Crippen LogP contribution >= 0.6 is 0 Å². The van der Waals surface area contributed by atoms with Gasteiger partial charge in [0.05, 0.1) is 11.9 Å². The normalized spacial score (nSPS) is 15.8. The minimum Gasteiger partial charge on any atom is -0.477 e. The highest BCUT2D eigenvalue weighted by Gasteiger charge is 2.36. The molecule has 152 valence electrons. The Morgan fingerprint density at radius 2 is 2.07 bits per heavy atom. The Kier molecular flexibility index (Phi) is 3.80. The highest BCUT2D eigenvalue weighted by atomic mass is 16.4. The number of aromatic amines is 1. The molecule has 0 saturated heterocycles. The van der Waals surface area contributed by atoms with Gasteiger partial charge in [0, 0.05) is 41.0 Å². The fourth-order valence-corrected chi connectivity index (χ4v) is 4.31. The summed E-state index contributed by atoms with van der Waals surface area (Å²) >= 11 is 0. The maximum Gasteiger partial charge on any atom is 0.341 e. The molecule has 4 aromatic rings. The fourth-order valence-electron chi connectivity index (χ4n) is 4.31. The summed E-state index contributed by atoms with van der Waals surface area (Å²) < 4.78 is 8.13. The molecular formula is C23H21N3O4. The van der Waals surface area contributed by atoms with Crippen LogP contribution in [0, 0.1) is 5.41 Å². The van der Waals surface area contributed by atoms with Gasteiger partial charge in [-0.1, -0.05) is 32.9 Å². The quantitative estimate of drug-likeness (QED) is 0.513. The molecule has 1 unspecified atom stereocenters. The van der Waals surface area contributed by atoms with Crippen molar-refractivity contribution in [3.63, 3.8) is 0 Å². The molecule has 7 nitrogen and oxygen atoms in total. The molecule has 1 aliphatic rings. The van der Waals surface area contributed by atoms with Gasteiger partial charge in [-0.3, -0.25) is 9.89 Å². The summed E-state index contributed by atoms with van der Waals surface area (Å²) in [5, 5.41) is 17.3. The van der Waals surface area contributed by atoms with Gasteiger partial charge in [-0.15, -0.1) is 0 Å². The van der Waals surface area contributed by atoms with Crippen molar-refractivity contribution in [2.75, 3.05) is 0 Å². The number of benzene rings is 1. The first-order valence-corrected chi connectivity index (χ1v) is 9.78. The molecule has 5 rings (SSSR count). The van der Waals surface area contributed by atoms with Crippen LogP contribution in [0.5, 0.6) is 0 Å². The summed E-state index contributed by atoms with van der Waals surface area (Å²) in [6.07, 6.45) is 5.72. The lowest BCUT2D eigenvalue weighted by Crippen LogP contribution is -2.32. The Bertz CT molecular complexity index is 1350. The van der Waals surface area contributed by atoms with Crippen LogP contribution in [-0.2, 0) is 6.42 Å². The number of rotatable bonds is 2. The maximum atomic E-state index is 12.5. The van der Waals surface area contributed by atoms with Crippen molar-refractivity contribution in [2.45, 2.75) is 33.2 Å². The molecule has 0 bridgehead atoms. The van der Waals surface area contributed by atoms with Gasteiger partial charge in [0.15, 0.2) is 11.2 Å². The fraction of sp³-hybridized carbons (Fsp3) is 0.261. The molecule has 0 spiro atoms. The number of hydrogen-bond donors (Lipinski definition) is 2. The monoisotopic (exact) mass is 403 g/mol. The molecule has 0 amide bonds. The zero-order valence-corrected chi connectivity index (χ0v) is 16.9. The first-order chi connectivity index (χ1) is 14.2. The van der Waals surface area contributed by atoms with E-state index in [4.69, 9.17) is 4.42 Å². The first-order valence-electron chi connectivity index (χ1n) is 9.78. The zero-order valence-electron chi connectivity index (χ0n) is 16.9. The van der Waals surface area contributed by atoms with Gasteiger partial charge in [0.1, 0.15) is 11.1 Å². The molecule has 30 heavy (non-hydrogen) atoms. The Labute approximate surface area is 172 Å². The van der Waals surface area contributed by atoms with Gasteiger partial charge >= 0.3 is 5.97 Å². The van der Waals surface area contributed by atoms with Crippen LogP contribution in [0.25, 0.3) is 33.6 Å². The summed E-state index contributed by atoms with van der Waals surface area (Å²) in [5.41, 5.74) is 3.43. The Hall–Kier alpha value is -3.61. The van der Waals surface area contributed by atoms with E-state index in [1.165, 1.54) is 12.3 Å². The third kappa shape index (κ3) is 2.69. The Balaban J connectivity index is 1.77. The molecule has 4 heterocycles. The van der Waals surface area contributed by atoms with E-state index in [0.717, 1.165) is 27.7 Å². The number of nitrogens with zero attached hydrogens (tertiary/aromatic N) is 2. The number of hydrogen-bond acceptors (Lipinski definition) is 4. The van der Waals surface area contributed by atoms with E-state index >= 15 is 0 Å². The van der Waals surface area contributed by atoms with Crippen molar-refractivity contribution in [1.29, 1.82) is 0 Å². The topological polar surface area (TPSA) is 101 Å². The highest BCUT2D eigenvalue weighted by Crippen LogP contribution is 2.46. The average molecular weight is 403 g/mol. The number of furan rings is 1. The molecule has 0 saturated carbocycles. The summed E-state index contributed by atoms with van der Waals surface area (Å²) in [5.74, 6) is -0.591. The molecule has 1 aliphatic heterocycles. The van der Waals surface area contributed by atoms with E-state index in [2.05, 4.69) is 31.0 Å². The third-order valence-electron chi connectivity index (χ3n) is 5.90. The van der Waals surface area contributed by atoms with Crippen molar-refractivity contribution in [2.24, 2.45) is 5.41 Å². The van der Waals surface area contributed by atoms with Gasteiger partial charge < -0.3 is 14.1 Å². The molecule has 3 aromatic heterocycles. The molecule has 0 radical (unpaired) electrons. The number of carboxylic acid groups (broad SMARTS) is 1. The van der Waals surface area contributed by atoms with Gasteiger partial charge in [0.25, 0.3) is 0 Å². The van der Waals surface area contributed by atoms with Gasteiger partial charge in [-0.25, -0.2) is 4.79 Å².